The SMILES string of the molecule is CCOc1cc(CNC2CC(N(CC)CC(=O)O)C2)ccc1OC. The van der Waals surface area contributed by atoms with Gasteiger partial charge in [0, 0.05) is 18.6 Å². The zero-order valence-electron chi connectivity index (χ0n) is 14.7. The van der Waals surface area contributed by atoms with Crippen molar-refractivity contribution in [2.24, 2.45) is 0 Å². The zero-order chi connectivity index (χ0) is 17.5. The Morgan fingerprint density at radius 3 is 2.67 bits per heavy atom. The van der Waals surface area contributed by atoms with Crippen molar-refractivity contribution in [3.63, 3.8) is 0 Å². The van der Waals surface area contributed by atoms with Gasteiger partial charge in [0.25, 0.3) is 0 Å². The molecule has 0 saturated heterocycles. The molecule has 0 radical (unpaired) electrons. The van der Waals surface area contributed by atoms with Crippen LogP contribution in [-0.4, -0.2) is 54.9 Å². The molecule has 0 aromatic heterocycles. The minimum absolute atomic E-state index is 0.129. The van der Waals surface area contributed by atoms with Gasteiger partial charge in [-0.15, -0.1) is 0 Å². The molecular formula is C18H28N2O4. The van der Waals surface area contributed by atoms with Crippen LogP contribution in [0.15, 0.2) is 18.2 Å². The Kier molecular flexibility index (Phi) is 6.87. The summed E-state index contributed by atoms with van der Waals surface area (Å²) in [6.07, 6.45) is 1.99. The van der Waals surface area contributed by atoms with Crippen LogP contribution in [0.4, 0.5) is 0 Å². The van der Waals surface area contributed by atoms with Gasteiger partial charge in [-0.05, 0) is 44.0 Å². The number of carboxylic acid groups (broad SMARTS) is 1. The topological polar surface area (TPSA) is 71.0 Å². The highest BCUT2D eigenvalue weighted by atomic mass is 16.5. The first-order valence-corrected chi connectivity index (χ1v) is 8.56. The molecule has 0 heterocycles. The van der Waals surface area contributed by atoms with Gasteiger partial charge in [0.05, 0.1) is 20.3 Å². The lowest BCUT2D eigenvalue weighted by Crippen LogP contribution is -2.53. The summed E-state index contributed by atoms with van der Waals surface area (Å²) in [5, 5.41) is 12.5. The van der Waals surface area contributed by atoms with Crippen molar-refractivity contribution in [2.75, 3.05) is 26.8 Å². The lowest BCUT2D eigenvalue weighted by Gasteiger charge is -2.42. The molecule has 24 heavy (non-hydrogen) atoms. The average molecular weight is 336 g/mol. The van der Waals surface area contributed by atoms with E-state index in [2.05, 4.69) is 5.32 Å². The first-order chi connectivity index (χ1) is 11.6. The quantitative estimate of drug-likeness (QED) is 0.682. The van der Waals surface area contributed by atoms with E-state index in [1.165, 1.54) is 0 Å². The predicted octanol–water partition coefficient (Wildman–Crippen LogP) is 2.12. The van der Waals surface area contributed by atoms with Gasteiger partial charge in [0.2, 0.25) is 0 Å². The van der Waals surface area contributed by atoms with E-state index in [1.54, 1.807) is 7.11 Å². The summed E-state index contributed by atoms with van der Waals surface area (Å²) in [5.74, 6) is 0.760. The number of hydrogen-bond acceptors (Lipinski definition) is 5. The van der Waals surface area contributed by atoms with Crippen molar-refractivity contribution in [3.05, 3.63) is 23.8 Å². The highest BCUT2D eigenvalue weighted by molar-refractivity contribution is 5.69. The fourth-order valence-corrected chi connectivity index (χ4v) is 3.09. The van der Waals surface area contributed by atoms with E-state index in [0.29, 0.717) is 18.7 Å². The van der Waals surface area contributed by atoms with Gasteiger partial charge in [0.1, 0.15) is 0 Å². The Bertz CT molecular complexity index is 544. The molecule has 2 N–H and O–H groups in total. The minimum atomic E-state index is -0.755. The van der Waals surface area contributed by atoms with Crippen molar-refractivity contribution in [1.82, 2.24) is 10.2 Å². The second-order valence-corrected chi connectivity index (χ2v) is 6.08. The number of carboxylic acids is 1. The molecule has 1 aromatic rings. The van der Waals surface area contributed by atoms with E-state index in [4.69, 9.17) is 14.6 Å². The summed E-state index contributed by atoms with van der Waals surface area (Å²) in [6.45, 7) is 6.25. The molecule has 1 aliphatic carbocycles. The molecule has 0 aliphatic heterocycles. The van der Waals surface area contributed by atoms with Crippen LogP contribution in [0.3, 0.4) is 0 Å². The smallest absolute Gasteiger partial charge is 0.317 e. The molecule has 1 saturated carbocycles. The van der Waals surface area contributed by atoms with Gasteiger partial charge in [-0.25, -0.2) is 0 Å². The summed E-state index contributed by atoms with van der Waals surface area (Å²) < 4.78 is 10.9. The van der Waals surface area contributed by atoms with E-state index in [0.717, 1.165) is 43.0 Å². The number of nitrogens with one attached hydrogen (secondary N) is 1. The lowest BCUT2D eigenvalue weighted by molar-refractivity contribution is -0.139. The van der Waals surface area contributed by atoms with E-state index in [9.17, 15) is 4.79 Å². The Morgan fingerprint density at radius 1 is 1.33 bits per heavy atom. The summed E-state index contributed by atoms with van der Waals surface area (Å²) >= 11 is 0. The summed E-state index contributed by atoms with van der Waals surface area (Å²) in [7, 11) is 1.64. The number of nitrogens with zero attached hydrogens (tertiary/aromatic N) is 1. The van der Waals surface area contributed by atoms with Crippen LogP contribution in [-0.2, 0) is 11.3 Å². The molecule has 0 atom stereocenters. The molecule has 2 rings (SSSR count). The molecule has 134 valence electrons. The molecule has 6 nitrogen and oxygen atoms in total. The fourth-order valence-electron chi connectivity index (χ4n) is 3.09. The van der Waals surface area contributed by atoms with Gasteiger partial charge >= 0.3 is 5.97 Å². The van der Waals surface area contributed by atoms with E-state index in [-0.39, 0.29) is 6.54 Å². The number of likely N-dealkylation sites (N-methyl/N-ethyl adjacent to an activating group) is 1. The molecular weight excluding hydrogens is 308 g/mol. The predicted molar refractivity (Wildman–Crippen MR) is 92.7 cm³/mol. The van der Waals surface area contributed by atoms with Crippen molar-refractivity contribution >= 4 is 5.97 Å². The molecule has 0 amide bonds. The Morgan fingerprint density at radius 2 is 2.08 bits per heavy atom. The van der Waals surface area contributed by atoms with Crippen LogP contribution in [0.5, 0.6) is 11.5 Å². The Hall–Kier alpha value is -1.79. The maximum atomic E-state index is 10.9. The fraction of sp³-hybridized carbons (Fsp3) is 0.611. The van der Waals surface area contributed by atoms with Crippen LogP contribution >= 0.6 is 0 Å². The monoisotopic (exact) mass is 336 g/mol. The summed E-state index contributed by atoms with van der Waals surface area (Å²) in [6, 6.07) is 6.78. The van der Waals surface area contributed by atoms with Gasteiger partial charge < -0.3 is 19.9 Å². The molecule has 1 aromatic carbocycles. The standard InChI is InChI=1S/C18H28N2O4/c1-4-20(12-18(21)22)15-9-14(10-15)19-11-13-6-7-16(23-3)17(8-13)24-5-2/h6-8,14-15,19H,4-5,9-12H2,1-3H3,(H,21,22). The average Bonchev–Trinajstić information content (AvgIpc) is 2.52. The third-order valence-electron chi connectivity index (χ3n) is 4.50. The summed E-state index contributed by atoms with van der Waals surface area (Å²) in [4.78, 5) is 12.9. The van der Waals surface area contributed by atoms with Crippen LogP contribution in [0.2, 0.25) is 0 Å². The highest BCUT2D eigenvalue weighted by Gasteiger charge is 2.33. The first-order valence-electron chi connectivity index (χ1n) is 8.56. The van der Waals surface area contributed by atoms with Crippen LogP contribution in [0.1, 0.15) is 32.3 Å². The number of carbonyl (C=O) groups is 1. The third-order valence-corrected chi connectivity index (χ3v) is 4.50. The maximum absolute atomic E-state index is 10.9. The number of methoxy groups -OCH3 is 1. The molecule has 1 fully saturated rings. The van der Waals surface area contributed by atoms with Crippen molar-refractivity contribution in [2.45, 2.75) is 45.3 Å². The first kappa shape index (κ1) is 18.5. The van der Waals surface area contributed by atoms with Gasteiger partial charge in [0.15, 0.2) is 11.5 Å². The molecule has 0 bridgehead atoms. The van der Waals surface area contributed by atoms with Crippen molar-refractivity contribution in [1.29, 1.82) is 0 Å². The molecule has 1 aliphatic rings. The largest absolute Gasteiger partial charge is 0.493 e. The minimum Gasteiger partial charge on any atom is -0.493 e. The Balaban J connectivity index is 1.81. The molecule has 0 unspecified atom stereocenters. The van der Waals surface area contributed by atoms with Crippen molar-refractivity contribution < 1.29 is 19.4 Å². The van der Waals surface area contributed by atoms with Gasteiger partial charge in [-0.2, -0.15) is 0 Å². The second kappa shape index (κ2) is 8.89. The maximum Gasteiger partial charge on any atom is 0.317 e. The van der Waals surface area contributed by atoms with Crippen LogP contribution in [0.25, 0.3) is 0 Å². The normalized spacial score (nSPS) is 19.8. The number of hydrogen-bond donors (Lipinski definition) is 2. The molecule has 0 spiro atoms. The highest BCUT2D eigenvalue weighted by Crippen LogP contribution is 2.29. The van der Waals surface area contributed by atoms with E-state index in [1.807, 2.05) is 36.9 Å². The lowest BCUT2D eigenvalue weighted by atomic mass is 9.85. The number of rotatable bonds is 10. The van der Waals surface area contributed by atoms with E-state index < -0.39 is 5.97 Å². The van der Waals surface area contributed by atoms with Gasteiger partial charge in [-0.3, -0.25) is 9.69 Å². The van der Waals surface area contributed by atoms with E-state index >= 15 is 0 Å². The number of ether oxygens (including phenoxy) is 2. The number of aliphatic carboxylic acids is 1. The molecule has 6 heteroatoms. The summed E-state index contributed by atoms with van der Waals surface area (Å²) in [5.41, 5.74) is 1.15. The third kappa shape index (κ3) is 4.85. The van der Waals surface area contributed by atoms with Crippen LogP contribution < -0.4 is 14.8 Å². The number of benzene rings is 1. The Labute approximate surface area is 143 Å². The van der Waals surface area contributed by atoms with Gasteiger partial charge in [-0.1, -0.05) is 13.0 Å². The zero-order valence-corrected chi connectivity index (χ0v) is 14.7. The second-order valence-electron chi connectivity index (χ2n) is 6.08. The van der Waals surface area contributed by atoms with Crippen molar-refractivity contribution in [3.8, 4) is 11.5 Å². The van der Waals surface area contributed by atoms with Crippen LogP contribution in [0, 0.1) is 0 Å².